The van der Waals surface area contributed by atoms with E-state index < -0.39 is 5.82 Å². The lowest BCUT2D eigenvalue weighted by Crippen LogP contribution is -2.37. The summed E-state index contributed by atoms with van der Waals surface area (Å²) < 4.78 is 13.6. The Hall–Kier alpha value is -0.840. The second-order valence-corrected chi connectivity index (χ2v) is 6.44. The molecule has 0 aromatic heterocycles. The lowest BCUT2D eigenvalue weighted by Gasteiger charge is -2.30. The molecule has 0 radical (unpaired) electrons. The molecule has 1 aromatic rings. The first-order chi connectivity index (χ1) is 9.88. The Morgan fingerprint density at radius 1 is 1.29 bits per heavy atom. The minimum absolute atomic E-state index is 0.0186. The normalized spacial score (nSPS) is 23.8. The molecule has 1 saturated carbocycles. The van der Waals surface area contributed by atoms with Gasteiger partial charge >= 0.3 is 0 Å². The quantitative estimate of drug-likeness (QED) is 0.823. The maximum Gasteiger partial charge on any atom is 0.220 e. The van der Waals surface area contributed by atoms with Crippen molar-refractivity contribution in [2.75, 3.05) is 0 Å². The van der Waals surface area contributed by atoms with Crippen molar-refractivity contribution in [3.05, 3.63) is 33.6 Å². The fraction of sp³-hybridized carbons (Fsp3) is 0.533. The third kappa shape index (κ3) is 4.09. The molecule has 3 nitrogen and oxygen atoms in total. The lowest BCUT2D eigenvalue weighted by atomic mass is 9.85. The highest BCUT2D eigenvalue weighted by molar-refractivity contribution is 6.35. The molecule has 1 atom stereocenters. The van der Waals surface area contributed by atoms with E-state index in [1.807, 2.05) is 6.92 Å². The van der Waals surface area contributed by atoms with Crippen molar-refractivity contribution >= 4 is 29.1 Å². The standard InChI is InChI=1S/C15H19Cl2FN2O/c1-8(11-6-14(18)13(17)7-12(11)16)20-10-4-2-9(3-5-10)15(19)21/h6-10,20H,2-5H2,1H3,(H2,19,21). The van der Waals surface area contributed by atoms with Gasteiger partial charge in [0.05, 0.1) is 5.02 Å². The van der Waals surface area contributed by atoms with E-state index in [0.29, 0.717) is 10.6 Å². The number of carbonyl (C=O) groups excluding carboxylic acids is 1. The van der Waals surface area contributed by atoms with Gasteiger partial charge in [-0.25, -0.2) is 4.39 Å². The van der Waals surface area contributed by atoms with Crippen molar-refractivity contribution in [3.63, 3.8) is 0 Å². The van der Waals surface area contributed by atoms with Crippen LogP contribution in [0, 0.1) is 11.7 Å². The van der Waals surface area contributed by atoms with Gasteiger partial charge in [0.15, 0.2) is 0 Å². The van der Waals surface area contributed by atoms with E-state index in [2.05, 4.69) is 5.32 Å². The summed E-state index contributed by atoms with van der Waals surface area (Å²) in [5.41, 5.74) is 6.02. The van der Waals surface area contributed by atoms with E-state index in [1.54, 1.807) is 0 Å². The molecule has 1 fully saturated rings. The molecule has 6 heteroatoms. The van der Waals surface area contributed by atoms with E-state index in [4.69, 9.17) is 28.9 Å². The lowest BCUT2D eigenvalue weighted by molar-refractivity contribution is -0.122. The average molecular weight is 333 g/mol. The summed E-state index contributed by atoms with van der Waals surface area (Å²) in [5.74, 6) is -0.707. The van der Waals surface area contributed by atoms with Gasteiger partial charge < -0.3 is 11.1 Å². The molecule has 21 heavy (non-hydrogen) atoms. The van der Waals surface area contributed by atoms with E-state index in [1.165, 1.54) is 12.1 Å². The number of amides is 1. The number of hydrogen-bond acceptors (Lipinski definition) is 2. The Balaban J connectivity index is 1.98. The van der Waals surface area contributed by atoms with Gasteiger partial charge in [0.1, 0.15) is 5.82 Å². The van der Waals surface area contributed by atoms with Gasteiger partial charge in [-0.2, -0.15) is 0 Å². The second-order valence-electron chi connectivity index (χ2n) is 5.63. The van der Waals surface area contributed by atoms with E-state index >= 15 is 0 Å². The summed E-state index contributed by atoms with van der Waals surface area (Å²) in [5, 5.41) is 3.91. The number of rotatable bonds is 4. The predicted molar refractivity (Wildman–Crippen MR) is 82.9 cm³/mol. The molecule has 1 amide bonds. The topological polar surface area (TPSA) is 55.1 Å². The van der Waals surface area contributed by atoms with Crippen LogP contribution in [0.15, 0.2) is 12.1 Å². The molecule has 1 aromatic carbocycles. The van der Waals surface area contributed by atoms with Crippen molar-refractivity contribution < 1.29 is 9.18 Å². The molecular formula is C15H19Cl2FN2O. The van der Waals surface area contributed by atoms with Gasteiger partial charge in [-0.3, -0.25) is 4.79 Å². The number of halogens is 3. The number of benzene rings is 1. The molecule has 1 aliphatic rings. The third-order valence-corrected chi connectivity index (χ3v) is 4.74. The Morgan fingerprint density at radius 2 is 1.90 bits per heavy atom. The summed E-state index contributed by atoms with van der Waals surface area (Å²) in [6.45, 7) is 1.94. The van der Waals surface area contributed by atoms with Crippen LogP contribution in [0.25, 0.3) is 0 Å². The molecule has 1 unspecified atom stereocenters. The largest absolute Gasteiger partial charge is 0.369 e. The maximum absolute atomic E-state index is 13.6. The summed E-state index contributed by atoms with van der Waals surface area (Å²) in [6.07, 6.45) is 3.35. The number of nitrogens with one attached hydrogen (secondary N) is 1. The van der Waals surface area contributed by atoms with Crippen molar-refractivity contribution in [2.45, 2.75) is 44.7 Å². The molecule has 0 spiro atoms. The first-order valence-electron chi connectivity index (χ1n) is 7.08. The van der Waals surface area contributed by atoms with Gasteiger partial charge in [-0.05, 0) is 50.3 Å². The van der Waals surface area contributed by atoms with E-state index in [0.717, 1.165) is 25.7 Å². The van der Waals surface area contributed by atoms with Crippen molar-refractivity contribution in [3.8, 4) is 0 Å². The second kappa shape index (κ2) is 6.95. The minimum Gasteiger partial charge on any atom is -0.369 e. The van der Waals surface area contributed by atoms with Crippen LogP contribution in [0.2, 0.25) is 10.0 Å². The Kier molecular flexibility index (Phi) is 5.47. The first-order valence-corrected chi connectivity index (χ1v) is 7.84. The fourth-order valence-electron chi connectivity index (χ4n) is 2.86. The van der Waals surface area contributed by atoms with Gasteiger partial charge in [-0.1, -0.05) is 23.2 Å². The van der Waals surface area contributed by atoms with Crippen LogP contribution in [0.5, 0.6) is 0 Å². The Morgan fingerprint density at radius 3 is 2.48 bits per heavy atom. The SMILES string of the molecule is CC(NC1CCC(C(N)=O)CC1)c1cc(F)c(Cl)cc1Cl. The Labute approximate surface area is 134 Å². The molecule has 0 bridgehead atoms. The fourth-order valence-corrected chi connectivity index (χ4v) is 3.40. The molecule has 1 aliphatic carbocycles. The number of nitrogens with two attached hydrogens (primary N) is 1. The Bertz CT molecular complexity index is 531. The van der Waals surface area contributed by atoms with Crippen LogP contribution in [0.4, 0.5) is 4.39 Å². The molecule has 0 heterocycles. The summed E-state index contributed by atoms with van der Waals surface area (Å²) >= 11 is 11.8. The summed E-state index contributed by atoms with van der Waals surface area (Å²) in [6, 6.07) is 3.00. The zero-order valence-corrected chi connectivity index (χ0v) is 13.3. The van der Waals surface area contributed by atoms with Crippen LogP contribution >= 0.6 is 23.2 Å². The average Bonchev–Trinajstić information content (AvgIpc) is 2.43. The minimum atomic E-state index is -0.470. The van der Waals surface area contributed by atoms with Crippen LogP contribution in [0.3, 0.4) is 0 Å². The van der Waals surface area contributed by atoms with Crippen molar-refractivity contribution in [1.82, 2.24) is 5.32 Å². The van der Waals surface area contributed by atoms with Crippen molar-refractivity contribution in [2.24, 2.45) is 11.7 Å². The van der Waals surface area contributed by atoms with Crippen LogP contribution in [-0.2, 0) is 4.79 Å². The number of hydrogen-bond donors (Lipinski definition) is 2. The number of primary amides is 1. The van der Waals surface area contributed by atoms with E-state index in [-0.39, 0.29) is 28.9 Å². The smallest absolute Gasteiger partial charge is 0.220 e. The van der Waals surface area contributed by atoms with Crippen LogP contribution in [-0.4, -0.2) is 11.9 Å². The van der Waals surface area contributed by atoms with Gasteiger partial charge in [0.25, 0.3) is 0 Å². The highest BCUT2D eigenvalue weighted by Gasteiger charge is 2.26. The zero-order valence-electron chi connectivity index (χ0n) is 11.8. The molecular weight excluding hydrogens is 314 g/mol. The van der Waals surface area contributed by atoms with Gasteiger partial charge in [0.2, 0.25) is 5.91 Å². The summed E-state index contributed by atoms with van der Waals surface area (Å²) in [4.78, 5) is 11.1. The highest BCUT2D eigenvalue weighted by atomic mass is 35.5. The molecule has 0 saturated heterocycles. The van der Waals surface area contributed by atoms with Gasteiger partial charge in [-0.15, -0.1) is 0 Å². The monoisotopic (exact) mass is 332 g/mol. The third-order valence-electron chi connectivity index (χ3n) is 4.12. The van der Waals surface area contributed by atoms with Crippen molar-refractivity contribution in [1.29, 1.82) is 0 Å². The van der Waals surface area contributed by atoms with E-state index in [9.17, 15) is 9.18 Å². The van der Waals surface area contributed by atoms with Crippen LogP contribution in [0.1, 0.15) is 44.2 Å². The maximum atomic E-state index is 13.6. The molecule has 0 aliphatic heterocycles. The molecule has 3 N–H and O–H groups in total. The number of carbonyl (C=O) groups is 1. The van der Waals surface area contributed by atoms with Crippen LogP contribution < -0.4 is 11.1 Å². The highest BCUT2D eigenvalue weighted by Crippen LogP contribution is 2.31. The predicted octanol–water partition coefficient (Wildman–Crippen LogP) is 3.83. The summed E-state index contributed by atoms with van der Waals surface area (Å²) in [7, 11) is 0. The molecule has 116 valence electrons. The first kappa shape index (κ1) is 16.5. The zero-order chi connectivity index (χ0) is 15.6. The molecule has 2 rings (SSSR count). The van der Waals surface area contributed by atoms with Gasteiger partial charge in [0, 0.05) is 23.0 Å².